The van der Waals surface area contributed by atoms with Crippen molar-refractivity contribution >= 4 is 5.97 Å². The molecule has 0 saturated heterocycles. The van der Waals surface area contributed by atoms with Gasteiger partial charge in [-0.25, -0.2) is 4.79 Å². The number of halogens is 9. The molecule has 0 aromatic heterocycles. The van der Waals surface area contributed by atoms with E-state index in [0.29, 0.717) is 12.8 Å². The van der Waals surface area contributed by atoms with Crippen LogP contribution in [0.25, 0.3) is 0 Å². The van der Waals surface area contributed by atoms with Crippen molar-refractivity contribution in [3.8, 4) is 0 Å². The van der Waals surface area contributed by atoms with Crippen LogP contribution in [0.1, 0.15) is 58.8 Å². The average Bonchev–Trinajstić information content (AvgIpc) is 2.46. The van der Waals surface area contributed by atoms with Gasteiger partial charge in [-0.2, -0.15) is 39.5 Å². The summed E-state index contributed by atoms with van der Waals surface area (Å²) in [5.41, 5.74) is -6.81. The van der Waals surface area contributed by atoms with E-state index in [-0.39, 0.29) is 6.42 Å². The van der Waals surface area contributed by atoms with Gasteiger partial charge < -0.3 is 4.74 Å². The number of carbonyl (C=O) groups excluding carboxylic acids is 1. The van der Waals surface area contributed by atoms with Crippen LogP contribution in [0.4, 0.5) is 39.5 Å². The minimum atomic E-state index is -6.79. The zero-order valence-corrected chi connectivity index (χ0v) is 15.5. The third-order valence-corrected chi connectivity index (χ3v) is 4.24. The van der Waals surface area contributed by atoms with E-state index in [0.717, 1.165) is 19.8 Å². The van der Waals surface area contributed by atoms with Crippen molar-refractivity contribution < 1.29 is 49.0 Å². The molecule has 0 aliphatic heterocycles. The second-order valence-corrected chi connectivity index (χ2v) is 6.53. The summed E-state index contributed by atoms with van der Waals surface area (Å²) in [7, 11) is 0. The Bertz CT molecular complexity index is 482. The molecular formula is C17H23F9O2. The molecule has 2 nitrogen and oxygen atoms in total. The lowest BCUT2D eigenvalue weighted by molar-refractivity contribution is -0.447. The van der Waals surface area contributed by atoms with Crippen LogP contribution in [0.15, 0.2) is 12.2 Å². The summed E-state index contributed by atoms with van der Waals surface area (Å²) in [5.74, 6) is -1.75. The number of hydrogen-bond donors (Lipinski definition) is 0. The Kier molecular flexibility index (Phi) is 9.37. The molecule has 166 valence electrons. The lowest BCUT2D eigenvalue weighted by Gasteiger charge is -2.43. The highest BCUT2D eigenvalue weighted by molar-refractivity contribution is 5.87. The fourth-order valence-electron chi connectivity index (χ4n) is 2.73. The van der Waals surface area contributed by atoms with Crippen LogP contribution in [0.2, 0.25) is 0 Å². The number of alkyl halides is 9. The van der Waals surface area contributed by atoms with Crippen molar-refractivity contribution in [2.75, 3.05) is 0 Å². The molecule has 0 fully saturated rings. The molecule has 0 aliphatic rings. The van der Waals surface area contributed by atoms with Gasteiger partial charge in [-0.05, 0) is 19.8 Å². The third kappa shape index (κ3) is 6.04. The zero-order valence-electron chi connectivity index (χ0n) is 15.5. The number of unbranched alkanes of at least 4 members (excludes halogenated alkanes) is 5. The van der Waals surface area contributed by atoms with Crippen LogP contribution in [-0.2, 0) is 9.53 Å². The van der Waals surface area contributed by atoms with Gasteiger partial charge in [0.05, 0.1) is 0 Å². The molecular weight excluding hydrogens is 407 g/mol. The molecule has 28 heavy (non-hydrogen) atoms. The molecule has 0 radical (unpaired) electrons. The molecule has 0 heterocycles. The Balaban J connectivity index is 6.03. The Labute approximate surface area is 157 Å². The SMILES string of the molecule is C=C(C)C(=O)OC(CCCCCCCC)C(C(F)(F)F)(C(F)(F)F)C(F)(F)F. The molecule has 0 aromatic rings. The standard InChI is InChI=1S/C17H23F9O2/c1-4-5-6-7-8-9-10-12(28-13(27)11(2)3)14(15(18,19)20,16(21,22)23)17(24,25)26/h12H,2,4-10H2,1,3H3. The number of carbonyl (C=O) groups is 1. The second kappa shape index (κ2) is 9.87. The summed E-state index contributed by atoms with van der Waals surface area (Å²) in [6.07, 6.45) is -22.8. The molecule has 0 aromatic carbocycles. The van der Waals surface area contributed by atoms with Gasteiger partial charge in [0.25, 0.3) is 5.41 Å². The van der Waals surface area contributed by atoms with Crippen LogP contribution in [0, 0.1) is 5.41 Å². The summed E-state index contributed by atoms with van der Waals surface area (Å²) in [5, 5.41) is 0. The maximum absolute atomic E-state index is 13.3. The molecule has 0 N–H and O–H groups in total. The molecule has 0 aliphatic carbocycles. The number of rotatable bonds is 10. The Morgan fingerprint density at radius 3 is 1.57 bits per heavy atom. The summed E-state index contributed by atoms with van der Waals surface area (Å²) < 4.78 is 124. The van der Waals surface area contributed by atoms with Crippen molar-refractivity contribution in [1.82, 2.24) is 0 Å². The molecule has 0 amide bonds. The van der Waals surface area contributed by atoms with Gasteiger partial charge in [0.2, 0.25) is 0 Å². The minimum absolute atomic E-state index is 0.102. The first-order valence-corrected chi connectivity index (χ1v) is 8.60. The van der Waals surface area contributed by atoms with Gasteiger partial charge in [-0.15, -0.1) is 0 Å². The Hall–Kier alpha value is -1.42. The van der Waals surface area contributed by atoms with Gasteiger partial charge in [-0.1, -0.05) is 45.6 Å². The van der Waals surface area contributed by atoms with E-state index >= 15 is 0 Å². The number of esters is 1. The molecule has 11 heteroatoms. The van der Waals surface area contributed by atoms with Crippen molar-refractivity contribution in [3.63, 3.8) is 0 Å². The first-order valence-electron chi connectivity index (χ1n) is 8.60. The minimum Gasteiger partial charge on any atom is -0.457 e. The van der Waals surface area contributed by atoms with E-state index in [2.05, 4.69) is 11.3 Å². The number of hydrogen-bond acceptors (Lipinski definition) is 2. The third-order valence-electron chi connectivity index (χ3n) is 4.24. The summed E-state index contributed by atoms with van der Waals surface area (Å²) >= 11 is 0. The molecule has 0 spiro atoms. The fraction of sp³-hybridized carbons (Fsp3) is 0.824. The van der Waals surface area contributed by atoms with Crippen LogP contribution < -0.4 is 0 Å². The molecule has 0 saturated carbocycles. The van der Waals surface area contributed by atoms with Crippen molar-refractivity contribution in [3.05, 3.63) is 12.2 Å². The van der Waals surface area contributed by atoms with E-state index in [1.54, 1.807) is 0 Å². The smallest absolute Gasteiger partial charge is 0.415 e. The van der Waals surface area contributed by atoms with Crippen LogP contribution in [-0.4, -0.2) is 30.6 Å². The highest BCUT2D eigenvalue weighted by atomic mass is 19.4. The van der Waals surface area contributed by atoms with Gasteiger partial charge in [0.15, 0.2) is 0 Å². The second-order valence-electron chi connectivity index (χ2n) is 6.53. The Morgan fingerprint density at radius 2 is 1.21 bits per heavy atom. The molecule has 0 rings (SSSR count). The van der Waals surface area contributed by atoms with Crippen molar-refractivity contribution in [1.29, 1.82) is 0 Å². The lowest BCUT2D eigenvalue weighted by atomic mass is 9.77. The largest absolute Gasteiger partial charge is 0.457 e. The summed E-state index contributed by atoms with van der Waals surface area (Å²) in [4.78, 5) is 11.5. The molecule has 1 atom stereocenters. The average molecular weight is 430 g/mol. The quantitative estimate of drug-likeness (QED) is 0.163. The van der Waals surface area contributed by atoms with Gasteiger partial charge >= 0.3 is 24.5 Å². The van der Waals surface area contributed by atoms with E-state index in [1.807, 2.05) is 6.92 Å². The lowest BCUT2D eigenvalue weighted by Crippen LogP contribution is -2.66. The zero-order chi connectivity index (χ0) is 22.4. The van der Waals surface area contributed by atoms with Gasteiger partial charge in [-0.3, -0.25) is 0 Å². The van der Waals surface area contributed by atoms with Gasteiger partial charge in [0.1, 0.15) is 6.10 Å². The number of ether oxygens (including phenoxy) is 1. The maximum Gasteiger partial charge on any atom is 0.415 e. The predicted octanol–water partition coefficient (Wildman–Crippen LogP) is 6.90. The fourth-order valence-corrected chi connectivity index (χ4v) is 2.73. The van der Waals surface area contributed by atoms with E-state index in [4.69, 9.17) is 0 Å². The van der Waals surface area contributed by atoms with E-state index in [1.165, 1.54) is 0 Å². The van der Waals surface area contributed by atoms with Crippen molar-refractivity contribution in [2.24, 2.45) is 5.41 Å². The van der Waals surface area contributed by atoms with E-state index in [9.17, 15) is 44.3 Å². The topological polar surface area (TPSA) is 26.3 Å². The molecule has 0 bridgehead atoms. The molecule has 1 unspecified atom stereocenters. The predicted molar refractivity (Wildman–Crippen MR) is 83.3 cm³/mol. The maximum atomic E-state index is 13.3. The van der Waals surface area contributed by atoms with Gasteiger partial charge in [0, 0.05) is 5.57 Å². The monoisotopic (exact) mass is 430 g/mol. The van der Waals surface area contributed by atoms with Crippen LogP contribution in [0.5, 0.6) is 0 Å². The first-order chi connectivity index (χ1) is 12.5. The summed E-state index contributed by atoms with van der Waals surface area (Å²) in [6.45, 7) is 5.76. The van der Waals surface area contributed by atoms with Crippen LogP contribution >= 0.6 is 0 Å². The normalized spacial score (nSPS) is 14.7. The van der Waals surface area contributed by atoms with E-state index < -0.39 is 54.4 Å². The Morgan fingerprint density at radius 1 is 0.821 bits per heavy atom. The summed E-state index contributed by atoms with van der Waals surface area (Å²) in [6, 6.07) is 0. The van der Waals surface area contributed by atoms with Crippen LogP contribution in [0.3, 0.4) is 0 Å². The first kappa shape index (κ1) is 26.6. The highest BCUT2D eigenvalue weighted by Crippen LogP contribution is 2.62. The van der Waals surface area contributed by atoms with Crippen molar-refractivity contribution in [2.45, 2.75) is 83.4 Å². The highest BCUT2D eigenvalue weighted by Gasteiger charge is 2.87.